The Bertz CT molecular complexity index is 628. The number of nitrogens with one attached hydrogen (secondary N) is 1. The maximum atomic E-state index is 6.25. The molecular formula is C14H16Cl2N2OS. The van der Waals surface area contributed by atoms with Crippen LogP contribution >= 0.6 is 34.5 Å². The molecule has 0 fully saturated rings. The van der Waals surface area contributed by atoms with Gasteiger partial charge in [0, 0.05) is 11.1 Å². The van der Waals surface area contributed by atoms with Gasteiger partial charge in [0.1, 0.15) is 5.75 Å². The van der Waals surface area contributed by atoms with Crippen molar-refractivity contribution >= 4 is 34.5 Å². The second-order valence-electron chi connectivity index (χ2n) is 4.58. The fourth-order valence-electron chi connectivity index (χ4n) is 2.36. The van der Waals surface area contributed by atoms with E-state index in [0.29, 0.717) is 8.67 Å². The van der Waals surface area contributed by atoms with Crippen LogP contribution in [0.5, 0.6) is 5.75 Å². The van der Waals surface area contributed by atoms with Crippen LogP contribution in [0, 0.1) is 13.8 Å². The number of nitrogens with two attached hydrogens (primary N) is 1. The molecule has 0 saturated heterocycles. The average molecular weight is 331 g/mol. The van der Waals surface area contributed by atoms with Gasteiger partial charge in [-0.25, -0.2) is 5.43 Å². The molecule has 0 aliphatic heterocycles. The molecule has 0 saturated carbocycles. The maximum absolute atomic E-state index is 6.25. The topological polar surface area (TPSA) is 47.3 Å². The van der Waals surface area contributed by atoms with Gasteiger partial charge < -0.3 is 4.74 Å². The van der Waals surface area contributed by atoms with Crippen LogP contribution in [-0.2, 0) is 0 Å². The van der Waals surface area contributed by atoms with Crippen LogP contribution < -0.4 is 16.0 Å². The Kier molecular flexibility index (Phi) is 4.94. The minimum atomic E-state index is -0.262. The molecule has 2 aromatic rings. The van der Waals surface area contributed by atoms with Crippen molar-refractivity contribution < 1.29 is 4.74 Å². The second kappa shape index (κ2) is 6.33. The molecule has 0 aliphatic rings. The molecule has 0 spiro atoms. The number of thiophene rings is 1. The van der Waals surface area contributed by atoms with Gasteiger partial charge in [-0.15, -0.1) is 11.3 Å². The van der Waals surface area contributed by atoms with Crippen LogP contribution in [0.4, 0.5) is 0 Å². The van der Waals surface area contributed by atoms with E-state index in [1.54, 1.807) is 7.11 Å². The number of ether oxygens (including phenoxy) is 1. The second-order valence-corrected chi connectivity index (χ2v) is 6.86. The third kappa shape index (κ3) is 2.95. The van der Waals surface area contributed by atoms with Crippen LogP contribution in [0.1, 0.15) is 28.3 Å². The van der Waals surface area contributed by atoms with Crippen molar-refractivity contribution in [2.75, 3.05) is 7.11 Å². The predicted octanol–water partition coefficient (Wildman–Crippen LogP) is 4.23. The lowest BCUT2D eigenvalue weighted by Crippen LogP contribution is -2.29. The highest BCUT2D eigenvalue weighted by Gasteiger charge is 2.23. The number of rotatable bonds is 4. The van der Waals surface area contributed by atoms with E-state index in [1.807, 2.05) is 26.0 Å². The van der Waals surface area contributed by atoms with Crippen molar-refractivity contribution in [2.45, 2.75) is 19.9 Å². The molecule has 20 heavy (non-hydrogen) atoms. The summed E-state index contributed by atoms with van der Waals surface area (Å²) in [5.74, 6) is 6.52. The first-order chi connectivity index (χ1) is 9.47. The summed E-state index contributed by atoms with van der Waals surface area (Å²) in [4.78, 5) is 0. The third-order valence-electron chi connectivity index (χ3n) is 3.16. The molecule has 1 unspecified atom stereocenters. The van der Waals surface area contributed by atoms with Crippen LogP contribution in [0.15, 0.2) is 18.2 Å². The highest BCUT2D eigenvalue weighted by atomic mass is 35.5. The molecule has 0 amide bonds. The van der Waals surface area contributed by atoms with E-state index in [1.165, 1.54) is 11.3 Å². The van der Waals surface area contributed by atoms with Gasteiger partial charge in [-0.05, 0) is 37.1 Å². The Morgan fingerprint density at radius 1 is 1.25 bits per heavy atom. The molecule has 1 heterocycles. The Hall–Kier alpha value is -0.780. The zero-order valence-electron chi connectivity index (χ0n) is 11.5. The molecule has 6 heteroatoms. The third-order valence-corrected chi connectivity index (χ3v) is 4.68. The fourth-order valence-corrected chi connectivity index (χ4v) is 3.89. The van der Waals surface area contributed by atoms with Gasteiger partial charge in [0.15, 0.2) is 0 Å². The predicted molar refractivity (Wildman–Crippen MR) is 86.0 cm³/mol. The van der Waals surface area contributed by atoms with E-state index < -0.39 is 0 Å². The summed E-state index contributed by atoms with van der Waals surface area (Å²) in [7, 11) is 1.65. The summed E-state index contributed by atoms with van der Waals surface area (Å²) >= 11 is 13.6. The molecule has 1 aromatic heterocycles. The SMILES string of the molecule is COc1cc(C)cc(C)c1C(NN)c1cc(Cl)sc1Cl. The molecule has 3 N–H and O–H groups in total. The van der Waals surface area contributed by atoms with E-state index in [9.17, 15) is 0 Å². The number of halogens is 2. The highest BCUT2D eigenvalue weighted by Crippen LogP contribution is 2.40. The molecule has 1 atom stereocenters. The Morgan fingerprint density at radius 3 is 2.45 bits per heavy atom. The van der Waals surface area contributed by atoms with Gasteiger partial charge in [0.2, 0.25) is 0 Å². The lowest BCUT2D eigenvalue weighted by atomic mass is 9.94. The lowest BCUT2D eigenvalue weighted by Gasteiger charge is -2.21. The van der Waals surface area contributed by atoms with E-state index in [-0.39, 0.29) is 6.04 Å². The van der Waals surface area contributed by atoms with Crippen molar-refractivity contribution in [3.05, 3.63) is 49.1 Å². The quantitative estimate of drug-likeness (QED) is 0.651. The minimum Gasteiger partial charge on any atom is -0.496 e. The molecule has 0 bridgehead atoms. The highest BCUT2D eigenvalue weighted by molar-refractivity contribution is 7.20. The van der Waals surface area contributed by atoms with Gasteiger partial charge >= 0.3 is 0 Å². The molecule has 1 aromatic carbocycles. The summed E-state index contributed by atoms with van der Waals surface area (Å²) in [6.07, 6.45) is 0. The summed E-state index contributed by atoms with van der Waals surface area (Å²) < 4.78 is 6.75. The zero-order chi connectivity index (χ0) is 14.9. The van der Waals surface area contributed by atoms with Crippen LogP contribution in [0.3, 0.4) is 0 Å². The Balaban J connectivity index is 2.60. The van der Waals surface area contributed by atoms with E-state index in [0.717, 1.165) is 28.0 Å². The van der Waals surface area contributed by atoms with Gasteiger partial charge in [-0.1, -0.05) is 29.3 Å². The minimum absolute atomic E-state index is 0.262. The van der Waals surface area contributed by atoms with Crippen LogP contribution in [0.2, 0.25) is 8.67 Å². The molecule has 0 aliphatic carbocycles. The largest absolute Gasteiger partial charge is 0.496 e. The molecule has 108 valence electrons. The molecular weight excluding hydrogens is 315 g/mol. The number of aryl methyl sites for hydroxylation is 2. The smallest absolute Gasteiger partial charge is 0.124 e. The van der Waals surface area contributed by atoms with Gasteiger partial charge in [-0.3, -0.25) is 5.84 Å². The van der Waals surface area contributed by atoms with Crippen molar-refractivity contribution in [1.29, 1.82) is 0 Å². The fraction of sp³-hybridized carbons (Fsp3) is 0.286. The standard InChI is InChI=1S/C14H16Cl2N2OS/c1-7-4-8(2)12(10(5-7)19-3)13(18-17)9-6-11(15)20-14(9)16/h4-6,13,18H,17H2,1-3H3. The number of benzene rings is 1. The Labute approximate surface area is 132 Å². The molecule has 0 radical (unpaired) electrons. The maximum Gasteiger partial charge on any atom is 0.124 e. The number of methoxy groups -OCH3 is 1. The Morgan fingerprint density at radius 2 is 1.95 bits per heavy atom. The van der Waals surface area contributed by atoms with Gasteiger partial charge in [0.05, 0.1) is 21.8 Å². The summed E-state index contributed by atoms with van der Waals surface area (Å²) in [6, 6.07) is 5.64. The van der Waals surface area contributed by atoms with Crippen molar-refractivity contribution in [1.82, 2.24) is 5.43 Å². The van der Waals surface area contributed by atoms with Crippen LogP contribution in [0.25, 0.3) is 0 Å². The first-order valence-electron chi connectivity index (χ1n) is 6.04. The molecule has 2 rings (SSSR count). The summed E-state index contributed by atoms with van der Waals surface area (Å²) in [6.45, 7) is 4.05. The average Bonchev–Trinajstić information content (AvgIpc) is 2.71. The van der Waals surface area contributed by atoms with Gasteiger partial charge in [0.25, 0.3) is 0 Å². The molecule has 3 nitrogen and oxygen atoms in total. The monoisotopic (exact) mass is 330 g/mol. The number of hydrogen-bond donors (Lipinski definition) is 2. The van der Waals surface area contributed by atoms with E-state index >= 15 is 0 Å². The van der Waals surface area contributed by atoms with Crippen molar-refractivity contribution in [3.63, 3.8) is 0 Å². The first-order valence-corrected chi connectivity index (χ1v) is 7.61. The zero-order valence-corrected chi connectivity index (χ0v) is 13.8. The van der Waals surface area contributed by atoms with Crippen molar-refractivity contribution in [2.24, 2.45) is 5.84 Å². The summed E-state index contributed by atoms with van der Waals surface area (Å²) in [5, 5.41) is 0. The van der Waals surface area contributed by atoms with Crippen molar-refractivity contribution in [3.8, 4) is 5.75 Å². The summed E-state index contributed by atoms with van der Waals surface area (Å²) in [5.41, 5.74) is 6.85. The van der Waals surface area contributed by atoms with Crippen LogP contribution in [-0.4, -0.2) is 7.11 Å². The van der Waals surface area contributed by atoms with Gasteiger partial charge in [-0.2, -0.15) is 0 Å². The number of hydrogen-bond acceptors (Lipinski definition) is 4. The number of hydrazine groups is 1. The first kappa shape index (κ1) is 15.6. The van der Waals surface area contributed by atoms with E-state index in [2.05, 4.69) is 11.5 Å². The van der Waals surface area contributed by atoms with E-state index in [4.69, 9.17) is 33.8 Å². The lowest BCUT2D eigenvalue weighted by molar-refractivity contribution is 0.403. The normalized spacial score (nSPS) is 12.5.